The number of hydrogen-bond donors (Lipinski definition) is 1. The fraction of sp³-hybridized carbons (Fsp3) is 0.765. The van der Waals surface area contributed by atoms with Crippen molar-refractivity contribution in [3.05, 3.63) is 23.7 Å². The molecule has 4 heteroatoms. The van der Waals surface area contributed by atoms with Crippen LogP contribution < -0.4 is 5.32 Å². The van der Waals surface area contributed by atoms with Crippen molar-refractivity contribution in [2.24, 2.45) is 0 Å². The van der Waals surface area contributed by atoms with E-state index in [1.54, 1.807) is 0 Å². The van der Waals surface area contributed by atoms with Crippen LogP contribution in [0.4, 0.5) is 0 Å². The van der Waals surface area contributed by atoms with Gasteiger partial charge in [-0.2, -0.15) is 0 Å². The summed E-state index contributed by atoms with van der Waals surface area (Å²) in [7, 11) is 6.61. The zero-order valence-electron chi connectivity index (χ0n) is 14.1. The van der Waals surface area contributed by atoms with Crippen LogP contribution in [0.3, 0.4) is 0 Å². The minimum Gasteiger partial charge on any atom is -0.468 e. The Morgan fingerprint density at radius 2 is 2.05 bits per heavy atom. The number of rotatable bonds is 9. The maximum absolute atomic E-state index is 5.70. The highest BCUT2D eigenvalue weighted by atomic mass is 16.3. The summed E-state index contributed by atoms with van der Waals surface area (Å²) in [4.78, 5) is 4.79. The van der Waals surface area contributed by atoms with Gasteiger partial charge in [0.2, 0.25) is 0 Å². The lowest BCUT2D eigenvalue weighted by Gasteiger charge is -2.49. The summed E-state index contributed by atoms with van der Waals surface area (Å²) in [6.45, 7) is 6.16. The Kier molecular flexibility index (Phi) is 5.85. The van der Waals surface area contributed by atoms with Gasteiger partial charge in [-0.3, -0.25) is 4.90 Å². The molecule has 0 radical (unpaired) electrons. The van der Waals surface area contributed by atoms with Gasteiger partial charge in [0, 0.05) is 24.2 Å². The second kappa shape index (κ2) is 7.43. The van der Waals surface area contributed by atoms with Crippen molar-refractivity contribution in [3.63, 3.8) is 0 Å². The van der Waals surface area contributed by atoms with E-state index < -0.39 is 0 Å². The molecule has 120 valence electrons. The topological polar surface area (TPSA) is 31.7 Å². The van der Waals surface area contributed by atoms with Crippen molar-refractivity contribution >= 4 is 0 Å². The number of nitrogens with zero attached hydrogens (tertiary/aromatic N) is 2. The third kappa shape index (κ3) is 4.31. The average molecular weight is 293 g/mol. The molecule has 0 amide bonds. The SMILES string of the molecule is CCCNCc1coc(CN(C)CC2(N(C)C)CCC2)c1. The molecule has 0 unspecified atom stereocenters. The van der Waals surface area contributed by atoms with Crippen LogP contribution in [0.1, 0.15) is 43.9 Å². The highest BCUT2D eigenvalue weighted by molar-refractivity contribution is 5.12. The number of likely N-dealkylation sites (N-methyl/N-ethyl adjacent to an activating group) is 2. The Morgan fingerprint density at radius 3 is 2.62 bits per heavy atom. The fourth-order valence-corrected chi connectivity index (χ4v) is 3.17. The predicted octanol–water partition coefficient (Wildman–Crippen LogP) is 2.70. The van der Waals surface area contributed by atoms with Gasteiger partial charge in [-0.1, -0.05) is 6.92 Å². The summed E-state index contributed by atoms with van der Waals surface area (Å²) >= 11 is 0. The van der Waals surface area contributed by atoms with Gasteiger partial charge >= 0.3 is 0 Å². The lowest BCUT2D eigenvalue weighted by atomic mass is 9.75. The summed E-state index contributed by atoms with van der Waals surface area (Å²) in [6.07, 6.45) is 7.04. The smallest absolute Gasteiger partial charge is 0.118 e. The van der Waals surface area contributed by atoms with Gasteiger partial charge in [-0.15, -0.1) is 0 Å². The van der Waals surface area contributed by atoms with Crippen LogP contribution in [0.2, 0.25) is 0 Å². The second-order valence-electron chi connectivity index (χ2n) is 6.74. The predicted molar refractivity (Wildman–Crippen MR) is 87.3 cm³/mol. The largest absolute Gasteiger partial charge is 0.468 e. The first-order chi connectivity index (χ1) is 10.1. The van der Waals surface area contributed by atoms with E-state index in [1.165, 1.54) is 31.2 Å². The average Bonchev–Trinajstić information content (AvgIpc) is 2.81. The molecule has 0 spiro atoms. The third-order valence-corrected chi connectivity index (χ3v) is 4.69. The zero-order chi connectivity index (χ0) is 15.3. The minimum absolute atomic E-state index is 0.382. The molecule has 0 aliphatic heterocycles. The summed E-state index contributed by atoms with van der Waals surface area (Å²) < 4.78 is 5.70. The Bertz CT molecular complexity index is 423. The molecular formula is C17H31N3O. The van der Waals surface area contributed by atoms with Crippen LogP contribution in [-0.2, 0) is 13.1 Å². The summed E-state index contributed by atoms with van der Waals surface area (Å²) in [6, 6.07) is 2.18. The Hall–Kier alpha value is -0.840. The minimum atomic E-state index is 0.382. The first-order valence-corrected chi connectivity index (χ1v) is 8.19. The molecule has 1 aliphatic carbocycles. The number of nitrogens with one attached hydrogen (secondary N) is 1. The lowest BCUT2D eigenvalue weighted by Crippen LogP contribution is -2.56. The normalized spacial score (nSPS) is 17.4. The number of hydrogen-bond acceptors (Lipinski definition) is 4. The Balaban J connectivity index is 1.81. The Morgan fingerprint density at radius 1 is 1.29 bits per heavy atom. The van der Waals surface area contributed by atoms with E-state index in [4.69, 9.17) is 4.42 Å². The zero-order valence-corrected chi connectivity index (χ0v) is 14.1. The van der Waals surface area contributed by atoms with Crippen LogP contribution in [-0.4, -0.2) is 49.6 Å². The monoisotopic (exact) mass is 293 g/mol. The first-order valence-electron chi connectivity index (χ1n) is 8.19. The van der Waals surface area contributed by atoms with E-state index in [1.807, 2.05) is 6.26 Å². The third-order valence-electron chi connectivity index (χ3n) is 4.69. The maximum atomic E-state index is 5.70. The Labute approximate surface area is 129 Å². The van der Waals surface area contributed by atoms with E-state index in [0.717, 1.165) is 31.9 Å². The second-order valence-corrected chi connectivity index (χ2v) is 6.74. The quantitative estimate of drug-likeness (QED) is 0.709. The number of furan rings is 1. The molecule has 2 rings (SSSR count). The van der Waals surface area contributed by atoms with Crippen molar-refractivity contribution in [2.45, 2.75) is 51.2 Å². The molecule has 21 heavy (non-hydrogen) atoms. The van der Waals surface area contributed by atoms with Crippen LogP contribution in [0.25, 0.3) is 0 Å². The molecule has 1 heterocycles. The van der Waals surface area contributed by atoms with Gasteiger partial charge < -0.3 is 14.6 Å². The van der Waals surface area contributed by atoms with Crippen molar-refractivity contribution in [1.82, 2.24) is 15.1 Å². The van der Waals surface area contributed by atoms with E-state index in [-0.39, 0.29) is 0 Å². The van der Waals surface area contributed by atoms with E-state index in [9.17, 15) is 0 Å². The molecule has 0 bridgehead atoms. The van der Waals surface area contributed by atoms with E-state index >= 15 is 0 Å². The lowest BCUT2D eigenvalue weighted by molar-refractivity contribution is 0.0244. The molecule has 1 aromatic rings. The fourth-order valence-electron chi connectivity index (χ4n) is 3.17. The highest BCUT2D eigenvalue weighted by Gasteiger charge is 2.39. The molecule has 0 atom stereocenters. The van der Waals surface area contributed by atoms with Gasteiger partial charge in [0.25, 0.3) is 0 Å². The van der Waals surface area contributed by atoms with E-state index in [0.29, 0.717) is 5.54 Å². The molecular weight excluding hydrogens is 262 g/mol. The van der Waals surface area contributed by atoms with Crippen molar-refractivity contribution in [1.29, 1.82) is 0 Å². The molecule has 4 nitrogen and oxygen atoms in total. The van der Waals surface area contributed by atoms with Gasteiger partial charge in [0.1, 0.15) is 5.76 Å². The van der Waals surface area contributed by atoms with Crippen molar-refractivity contribution in [3.8, 4) is 0 Å². The van der Waals surface area contributed by atoms with Crippen molar-refractivity contribution in [2.75, 3.05) is 34.2 Å². The van der Waals surface area contributed by atoms with Crippen LogP contribution in [0.5, 0.6) is 0 Å². The molecule has 1 N–H and O–H groups in total. The van der Waals surface area contributed by atoms with Gasteiger partial charge in [0.05, 0.1) is 12.8 Å². The van der Waals surface area contributed by atoms with Gasteiger partial charge in [-0.05, 0) is 59.4 Å². The summed E-state index contributed by atoms with van der Waals surface area (Å²) in [5.74, 6) is 1.07. The van der Waals surface area contributed by atoms with E-state index in [2.05, 4.69) is 49.2 Å². The molecule has 0 saturated heterocycles. The molecule has 0 aromatic carbocycles. The van der Waals surface area contributed by atoms with Crippen molar-refractivity contribution < 1.29 is 4.42 Å². The molecule has 1 saturated carbocycles. The highest BCUT2D eigenvalue weighted by Crippen LogP contribution is 2.36. The first kappa shape index (κ1) is 16.5. The standard InChI is InChI=1S/C17H31N3O/c1-5-9-18-11-15-10-16(21-13-15)12-20(4)14-17(19(2)3)7-6-8-17/h10,13,18H,5-9,11-12,14H2,1-4H3. The summed E-state index contributed by atoms with van der Waals surface area (Å²) in [5, 5.41) is 3.41. The van der Waals surface area contributed by atoms with Crippen LogP contribution in [0.15, 0.2) is 16.7 Å². The molecule has 1 aliphatic rings. The van der Waals surface area contributed by atoms with Gasteiger partial charge in [-0.25, -0.2) is 0 Å². The molecule has 1 aromatic heterocycles. The van der Waals surface area contributed by atoms with Crippen LogP contribution in [0, 0.1) is 0 Å². The maximum Gasteiger partial charge on any atom is 0.118 e. The van der Waals surface area contributed by atoms with Gasteiger partial charge in [0.15, 0.2) is 0 Å². The molecule has 1 fully saturated rings. The van der Waals surface area contributed by atoms with Crippen LogP contribution >= 0.6 is 0 Å². The summed E-state index contributed by atoms with van der Waals surface area (Å²) in [5.41, 5.74) is 1.63.